The molecule has 34 heavy (non-hydrogen) atoms. The van der Waals surface area contributed by atoms with Crippen molar-refractivity contribution in [2.24, 2.45) is 0 Å². The zero-order valence-corrected chi connectivity index (χ0v) is 21.4. The molecule has 0 spiro atoms. The lowest BCUT2D eigenvalue weighted by Gasteiger charge is -2.36. The average Bonchev–Trinajstić information content (AvgIpc) is 3.26. The van der Waals surface area contributed by atoms with Crippen LogP contribution in [0.15, 0.2) is 16.9 Å². The molecule has 10 nitrogen and oxygen atoms in total. The first-order valence-electron chi connectivity index (χ1n) is 12.1. The summed E-state index contributed by atoms with van der Waals surface area (Å²) >= 11 is 3.53. The summed E-state index contributed by atoms with van der Waals surface area (Å²) in [4.78, 5) is 25.3. The van der Waals surface area contributed by atoms with Crippen molar-refractivity contribution in [1.29, 1.82) is 0 Å². The van der Waals surface area contributed by atoms with Gasteiger partial charge in [0.25, 0.3) is 0 Å². The highest BCUT2D eigenvalue weighted by Crippen LogP contribution is 2.40. The van der Waals surface area contributed by atoms with Crippen molar-refractivity contribution in [3.05, 3.63) is 22.6 Å². The molecule has 2 aromatic rings. The summed E-state index contributed by atoms with van der Waals surface area (Å²) in [5, 5.41) is 11.5. The molecule has 2 bridgehead atoms. The Kier molecular flexibility index (Phi) is 7.03. The second kappa shape index (κ2) is 10.2. The van der Waals surface area contributed by atoms with E-state index in [1.54, 1.807) is 6.20 Å². The second-order valence-corrected chi connectivity index (χ2v) is 10.4. The summed E-state index contributed by atoms with van der Waals surface area (Å²) in [6.07, 6.45) is 9.59. The van der Waals surface area contributed by atoms with E-state index in [9.17, 15) is 4.79 Å². The van der Waals surface area contributed by atoms with E-state index >= 15 is 0 Å². The van der Waals surface area contributed by atoms with E-state index in [2.05, 4.69) is 59.4 Å². The zero-order valence-electron chi connectivity index (χ0n) is 19.8. The predicted octanol–water partition coefficient (Wildman–Crippen LogP) is 2.95. The third-order valence-corrected chi connectivity index (χ3v) is 7.92. The third kappa shape index (κ3) is 5.06. The number of piperidine rings is 1. The number of hydrogen-bond donors (Lipinski definition) is 2. The first kappa shape index (κ1) is 23.5. The largest absolute Gasteiger partial charge is 0.370 e. The third-order valence-electron chi connectivity index (χ3n) is 7.34. The molecule has 5 rings (SSSR count). The quantitative estimate of drug-likeness (QED) is 0.500. The lowest BCUT2D eigenvalue weighted by atomic mass is 9.98. The molecule has 0 aromatic carbocycles. The van der Waals surface area contributed by atoms with Crippen LogP contribution in [0.5, 0.6) is 0 Å². The molecule has 11 heteroatoms. The fourth-order valence-electron chi connectivity index (χ4n) is 5.33. The molecule has 3 fully saturated rings. The van der Waals surface area contributed by atoms with E-state index in [4.69, 9.17) is 9.84 Å². The van der Waals surface area contributed by atoms with E-state index in [1.165, 1.54) is 12.8 Å². The minimum atomic E-state index is 0.0600. The van der Waals surface area contributed by atoms with E-state index in [1.807, 2.05) is 11.8 Å². The van der Waals surface area contributed by atoms with Crippen LogP contribution in [0.1, 0.15) is 43.8 Å². The Labute approximate surface area is 208 Å². The van der Waals surface area contributed by atoms with E-state index < -0.39 is 0 Å². The maximum atomic E-state index is 11.8. The van der Waals surface area contributed by atoms with Crippen LogP contribution < -0.4 is 10.6 Å². The molecule has 0 saturated carbocycles. The van der Waals surface area contributed by atoms with Crippen molar-refractivity contribution in [1.82, 2.24) is 29.5 Å². The van der Waals surface area contributed by atoms with Crippen LogP contribution in [0, 0.1) is 6.92 Å². The van der Waals surface area contributed by atoms with Crippen molar-refractivity contribution < 1.29 is 9.53 Å². The number of ether oxygens (including phenoxy) is 1. The van der Waals surface area contributed by atoms with Gasteiger partial charge in [-0.2, -0.15) is 10.1 Å². The van der Waals surface area contributed by atoms with Gasteiger partial charge in [0.05, 0.1) is 28.5 Å². The number of aromatic nitrogens is 4. The molecular weight excluding hydrogens is 500 g/mol. The standard InChI is InChI=1S/C23H33BrN8O2/c1-15-20(13-32(29-15)18-10-16-4-5-17(11-18)30(16)2)27-23-26-12-19(24)22(28-23)25-6-3-7-31-8-9-34-14-21(31)33/h12-13,16-18H,3-11,14H2,1-2H3,(H2,25,26,27,28). The molecule has 1 amide bonds. The molecule has 2 aromatic heterocycles. The average molecular weight is 533 g/mol. The van der Waals surface area contributed by atoms with Gasteiger partial charge in [-0.25, -0.2) is 4.98 Å². The highest BCUT2D eigenvalue weighted by atomic mass is 79.9. The number of rotatable bonds is 8. The fraction of sp³-hybridized carbons (Fsp3) is 0.652. The SMILES string of the molecule is Cc1nn(C2CC3CCC(C2)N3C)cc1Nc1ncc(Br)c(NCCCN2CCOCC2=O)n1. The molecule has 184 valence electrons. The van der Waals surface area contributed by atoms with Gasteiger partial charge in [0.2, 0.25) is 11.9 Å². The number of anilines is 3. The Morgan fingerprint density at radius 2 is 2.03 bits per heavy atom. The van der Waals surface area contributed by atoms with Gasteiger partial charge in [0.15, 0.2) is 0 Å². The van der Waals surface area contributed by atoms with Gasteiger partial charge in [0, 0.05) is 44.1 Å². The van der Waals surface area contributed by atoms with Gasteiger partial charge in [0.1, 0.15) is 12.4 Å². The van der Waals surface area contributed by atoms with E-state index in [-0.39, 0.29) is 12.5 Å². The van der Waals surface area contributed by atoms with Crippen molar-refractivity contribution >= 4 is 39.3 Å². The Morgan fingerprint density at radius 3 is 2.79 bits per heavy atom. The van der Waals surface area contributed by atoms with Crippen molar-refractivity contribution in [3.63, 3.8) is 0 Å². The van der Waals surface area contributed by atoms with Crippen molar-refractivity contribution in [2.45, 2.75) is 57.2 Å². The number of fused-ring (bicyclic) bond motifs is 2. The summed E-state index contributed by atoms with van der Waals surface area (Å²) in [7, 11) is 2.26. The second-order valence-electron chi connectivity index (χ2n) is 9.51. The van der Waals surface area contributed by atoms with Gasteiger partial charge in [-0.15, -0.1) is 0 Å². The smallest absolute Gasteiger partial charge is 0.248 e. The van der Waals surface area contributed by atoms with Gasteiger partial charge in [-0.05, 0) is 62.0 Å². The van der Waals surface area contributed by atoms with Crippen LogP contribution in [-0.4, -0.2) is 87.4 Å². The Hall–Kier alpha value is -2.24. The maximum Gasteiger partial charge on any atom is 0.248 e. The number of hydrogen-bond acceptors (Lipinski definition) is 8. The van der Waals surface area contributed by atoms with Crippen LogP contribution in [0.2, 0.25) is 0 Å². The van der Waals surface area contributed by atoms with Gasteiger partial charge < -0.3 is 25.2 Å². The minimum absolute atomic E-state index is 0.0600. The molecule has 5 heterocycles. The molecule has 0 aliphatic carbocycles. The van der Waals surface area contributed by atoms with Crippen LogP contribution in [-0.2, 0) is 9.53 Å². The molecule has 3 aliphatic heterocycles. The molecule has 2 atom stereocenters. The van der Waals surface area contributed by atoms with Gasteiger partial charge in [-0.3, -0.25) is 9.48 Å². The summed E-state index contributed by atoms with van der Waals surface area (Å²) in [5.41, 5.74) is 1.88. The van der Waals surface area contributed by atoms with Gasteiger partial charge >= 0.3 is 0 Å². The maximum absolute atomic E-state index is 11.8. The Morgan fingerprint density at radius 1 is 1.24 bits per heavy atom. The molecule has 3 saturated heterocycles. The van der Waals surface area contributed by atoms with Crippen LogP contribution in [0.3, 0.4) is 0 Å². The number of morpholine rings is 1. The van der Waals surface area contributed by atoms with Crippen LogP contribution >= 0.6 is 15.9 Å². The summed E-state index contributed by atoms with van der Waals surface area (Å²) < 4.78 is 8.12. The minimum Gasteiger partial charge on any atom is -0.370 e. The topological polar surface area (TPSA) is 100 Å². The Bertz CT molecular complexity index is 1020. The first-order chi connectivity index (χ1) is 16.5. The lowest BCUT2D eigenvalue weighted by molar-refractivity contribution is -0.142. The van der Waals surface area contributed by atoms with Crippen LogP contribution in [0.25, 0.3) is 0 Å². The summed E-state index contributed by atoms with van der Waals surface area (Å²) in [6, 6.07) is 1.80. The highest BCUT2D eigenvalue weighted by molar-refractivity contribution is 9.10. The monoisotopic (exact) mass is 532 g/mol. The summed E-state index contributed by atoms with van der Waals surface area (Å²) in [5.74, 6) is 1.31. The Balaban J connectivity index is 1.18. The van der Waals surface area contributed by atoms with Crippen molar-refractivity contribution in [3.8, 4) is 0 Å². The molecular formula is C23H33BrN8O2. The van der Waals surface area contributed by atoms with E-state index in [0.717, 1.165) is 40.9 Å². The van der Waals surface area contributed by atoms with E-state index in [0.29, 0.717) is 50.3 Å². The van der Waals surface area contributed by atoms with Crippen molar-refractivity contribution in [2.75, 3.05) is 50.5 Å². The number of halogens is 1. The number of aryl methyl sites for hydroxylation is 1. The fourth-order valence-corrected chi connectivity index (χ4v) is 5.66. The molecule has 0 radical (unpaired) electrons. The predicted molar refractivity (Wildman–Crippen MR) is 133 cm³/mol. The highest BCUT2D eigenvalue weighted by Gasteiger charge is 2.39. The number of nitrogens with zero attached hydrogens (tertiary/aromatic N) is 6. The summed E-state index contributed by atoms with van der Waals surface area (Å²) in [6.45, 7) is 4.90. The number of amides is 1. The molecule has 2 unspecified atom stereocenters. The number of carbonyl (C=O) groups excluding carboxylic acids is 1. The van der Waals surface area contributed by atoms with Gasteiger partial charge in [-0.1, -0.05) is 0 Å². The normalized spacial score (nSPS) is 25.1. The molecule has 2 N–H and O–H groups in total. The molecule has 3 aliphatic rings. The first-order valence-corrected chi connectivity index (χ1v) is 12.9. The zero-order chi connectivity index (χ0) is 23.7. The number of carbonyl (C=O) groups is 1. The van der Waals surface area contributed by atoms with Crippen LogP contribution in [0.4, 0.5) is 17.5 Å². The number of nitrogens with one attached hydrogen (secondary N) is 2. The lowest BCUT2D eigenvalue weighted by Crippen LogP contribution is -2.42.